The number of carboxylic acids is 1. The van der Waals surface area contributed by atoms with Crippen LogP contribution in [0.5, 0.6) is 0 Å². The third-order valence-electron chi connectivity index (χ3n) is 23.7. The minimum Gasteiger partial charge on any atom is -0.480 e. The van der Waals surface area contributed by atoms with Crippen LogP contribution in [-0.2, 0) is 96.0 Å². The molecule has 4 aromatic rings. The maximum atomic E-state index is 15.4. The second-order valence-electron chi connectivity index (χ2n) is 36.0. The van der Waals surface area contributed by atoms with E-state index in [0.29, 0.717) is 43.2 Å². The molecule has 2 aromatic carbocycles. The van der Waals surface area contributed by atoms with Gasteiger partial charge in [0.25, 0.3) is 0 Å². The van der Waals surface area contributed by atoms with Crippen molar-refractivity contribution >= 4 is 117 Å². The van der Waals surface area contributed by atoms with Crippen molar-refractivity contribution in [2.45, 2.75) is 281 Å². The maximum Gasteiger partial charge on any atom is 0.326 e. The molecule has 45 nitrogen and oxygen atoms in total. The van der Waals surface area contributed by atoms with Gasteiger partial charge >= 0.3 is 5.97 Å². The molecule has 752 valence electrons. The molecule has 2 fully saturated rings. The highest BCUT2D eigenvalue weighted by Gasteiger charge is 2.45. The predicted molar refractivity (Wildman–Crippen MR) is 506 cm³/mol. The summed E-state index contributed by atoms with van der Waals surface area (Å²) in [5.74, 6) is -15.6. The summed E-state index contributed by atoms with van der Waals surface area (Å²) >= 11 is 0. The fraction of sp³-hybridized carbons (Fsp3) is 0.615. The van der Waals surface area contributed by atoms with Gasteiger partial charge in [-0.1, -0.05) is 110 Å². The number of carbonyl (C=O) groups excluding carboxylic acids is 15. The Hall–Kier alpha value is -12.9. The molecule has 6 rings (SSSR count). The van der Waals surface area contributed by atoms with Crippen LogP contribution in [0.4, 0.5) is 0 Å². The first-order valence-electron chi connectivity index (χ1n) is 46.9. The normalized spacial score (nSPS) is 16.7. The van der Waals surface area contributed by atoms with Gasteiger partial charge in [0.2, 0.25) is 88.6 Å². The van der Waals surface area contributed by atoms with Gasteiger partial charge in [-0.05, 0) is 164 Å². The van der Waals surface area contributed by atoms with Crippen molar-refractivity contribution in [3.63, 3.8) is 0 Å². The number of imidazole rings is 1. The van der Waals surface area contributed by atoms with Crippen LogP contribution in [0.1, 0.15) is 188 Å². The van der Waals surface area contributed by atoms with Crippen LogP contribution < -0.4 is 108 Å². The molecule has 0 saturated carbocycles. The van der Waals surface area contributed by atoms with Crippen molar-refractivity contribution in [2.24, 2.45) is 52.3 Å². The highest BCUT2D eigenvalue weighted by molar-refractivity contribution is 6.01. The van der Waals surface area contributed by atoms with Crippen LogP contribution in [0, 0.1) is 34.5 Å². The number of nitrogens with one attached hydrogen (secondary N) is 19. The number of rotatable bonds is 59. The molecule has 31 N–H and O–H groups in total. The molecular weight excluding hydrogens is 1760 g/mol. The van der Waals surface area contributed by atoms with E-state index < -0.39 is 210 Å². The van der Waals surface area contributed by atoms with Gasteiger partial charge in [0.1, 0.15) is 84.6 Å². The van der Waals surface area contributed by atoms with E-state index in [1.165, 1.54) is 29.2 Å². The topological polar surface area (TPSA) is 723 Å². The number of aromatic nitrogens is 3. The molecule has 0 aliphatic carbocycles. The number of nitrogens with zero attached hydrogens (tertiary/aromatic N) is 3. The van der Waals surface area contributed by atoms with E-state index in [1.807, 2.05) is 32.0 Å². The number of carbonyl (C=O) groups is 16. The van der Waals surface area contributed by atoms with Crippen LogP contribution in [0.3, 0.4) is 0 Å². The number of carboxylic acid groups (broad SMARTS) is 1. The first kappa shape index (κ1) is 112. The van der Waals surface area contributed by atoms with E-state index >= 15 is 24.0 Å². The van der Waals surface area contributed by atoms with Gasteiger partial charge in [-0.3, -0.25) is 82.7 Å². The Bertz CT molecular complexity index is 4650. The molecule has 0 radical (unpaired) electrons. The number of nitrogens with two attached hydrogens (primary N) is 5. The first-order valence-corrected chi connectivity index (χ1v) is 46.9. The van der Waals surface area contributed by atoms with Crippen LogP contribution in [0.15, 0.2) is 73.3 Å². The standard InChI is InChI=1S/C91H145N27O18/c1-10-53(8)74(86(132)113-68(89(135)136)41-51(4)5)116-81(127)66(43-56-45-102-59-27-15-14-26-58(56)59)111-84(130)71-33-22-38-117(71)87(133)63(31-21-37-101-91(97)98)109-77(123)61(29-17-19-35-93)107-83(129)70-32-23-39-118(70)88(134)67(44-57-46-99-49-104-57)112-80(126)65(42-55-24-12-11-13-25-55)110-82(128)69(48-119)114-79(125)64(40-50(2)3)105-72(120)47-103-76(122)60(28-16-18-34-92)108-85(131)73(52(6)7)115-78(124)62(106-75(121)54(9)94)30-20-36-100-90(95)96/h11-15,24-27,45-46,49-54,60-71,73-74,102,119H,10,16-23,28-44,47-48,92-94H2,1-9H3,(H,99,104)(H,103,122)(H,105,120)(H,106,121)(H,107,129)(H,108,131)(H,109,123)(H,110,128)(H,111,130)(H,112,126)(H,113,132)(H,114,125)(H,115,124)(H,116,127)(H,135,136)(H4,95,96,100)(H4,97,98,101)/t53-,54-,60-,61-,62-,63-,64-,65-,66-,67-,68-,69-,70-,71-,73-,74-/m0/s1. The lowest BCUT2D eigenvalue weighted by Crippen LogP contribution is -2.61. The van der Waals surface area contributed by atoms with E-state index in [2.05, 4.69) is 94.7 Å². The third kappa shape index (κ3) is 36.4. The number of H-pyrrole nitrogens is 2. The molecule has 0 bridgehead atoms. The number of aliphatic hydroxyl groups excluding tert-OH is 1. The van der Waals surface area contributed by atoms with Crippen LogP contribution in [0.2, 0.25) is 0 Å². The number of aromatic amines is 2. The number of fused-ring (bicyclic) bond motifs is 1. The van der Waals surface area contributed by atoms with Gasteiger partial charge in [-0.15, -0.1) is 0 Å². The van der Waals surface area contributed by atoms with Crippen molar-refractivity contribution in [1.82, 2.24) is 105 Å². The average Bonchev–Trinajstić information content (AvgIpc) is 1.67. The maximum absolute atomic E-state index is 15.4. The SMILES string of the molecule is CC[C@H](C)[C@H](NC(=O)[C@H](Cc1c[nH]c2ccccc12)NC(=O)[C@@H]1CCCN1C(=O)[C@H](CCCNC(=N)N)NC(=O)[C@H](CCCCN)NC(=O)[C@@H]1CCCN1C(=O)[C@H](Cc1c[nH]cn1)NC(=O)[C@H](Cc1ccccc1)NC(=O)[C@H](CO)NC(=O)[C@H](CC(C)C)NC(=O)CNC(=O)[C@H](CCCCN)NC(=O)[C@@H](NC(=O)[C@H](CCCNC(=N)N)NC(=O)[C@H](C)N)C(C)C)C(=O)N[C@@H](CC(C)C)C(=O)O. The zero-order chi connectivity index (χ0) is 100. The van der Waals surface area contributed by atoms with Gasteiger partial charge < -0.3 is 138 Å². The molecule has 15 amide bonds. The molecule has 2 aromatic heterocycles. The van der Waals surface area contributed by atoms with Gasteiger partial charge in [0.15, 0.2) is 11.9 Å². The van der Waals surface area contributed by atoms with Crippen molar-refractivity contribution in [3.05, 3.63) is 90.1 Å². The summed E-state index contributed by atoms with van der Waals surface area (Å²) in [6.45, 7) is 14.2. The quantitative estimate of drug-likeness (QED) is 0.0118. The van der Waals surface area contributed by atoms with E-state index in [-0.39, 0.29) is 165 Å². The molecule has 136 heavy (non-hydrogen) atoms. The number of aliphatic carboxylic acids is 1. The van der Waals surface area contributed by atoms with Crippen LogP contribution in [-0.4, -0.2) is 285 Å². The van der Waals surface area contributed by atoms with Crippen LogP contribution in [0.25, 0.3) is 10.9 Å². The number of hydrogen-bond acceptors (Lipinski definition) is 23. The second kappa shape index (κ2) is 57.1. The van der Waals surface area contributed by atoms with E-state index in [9.17, 15) is 63.0 Å². The average molecular weight is 1910 g/mol. The van der Waals surface area contributed by atoms with Gasteiger partial charge in [-0.25, -0.2) is 9.78 Å². The molecular formula is C91H145N27O18. The third-order valence-corrected chi connectivity index (χ3v) is 23.7. The van der Waals surface area contributed by atoms with Crippen molar-refractivity contribution in [1.29, 1.82) is 10.8 Å². The fourth-order valence-electron chi connectivity index (χ4n) is 16.0. The van der Waals surface area contributed by atoms with Crippen molar-refractivity contribution in [2.75, 3.05) is 52.4 Å². The first-order chi connectivity index (χ1) is 64.7. The molecule has 2 aliphatic rings. The Labute approximate surface area is 792 Å². The van der Waals surface area contributed by atoms with Gasteiger partial charge in [-0.2, -0.15) is 0 Å². The molecule has 0 unspecified atom stereocenters. The zero-order valence-electron chi connectivity index (χ0n) is 79.4. The van der Waals surface area contributed by atoms with Crippen molar-refractivity contribution < 1.29 is 86.9 Å². The molecule has 4 heterocycles. The van der Waals surface area contributed by atoms with Gasteiger partial charge in [0, 0.05) is 68.7 Å². The molecule has 2 saturated heterocycles. The minimum atomic E-state index is -1.79. The molecule has 0 spiro atoms. The summed E-state index contributed by atoms with van der Waals surface area (Å²) in [5, 5.41) is 77.0. The highest BCUT2D eigenvalue weighted by atomic mass is 16.4. The summed E-state index contributed by atoms with van der Waals surface area (Å²) in [6.07, 6.45) is 6.93. The van der Waals surface area contributed by atoms with Crippen LogP contribution >= 0.6 is 0 Å². The number of unbranched alkanes of at least 4 members (excludes halogenated alkanes) is 2. The number of guanidine groups is 2. The van der Waals surface area contributed by atoms with E-state index in [1.54, 1.807) is 84.1 Å². The number of aliphatic hydroxyl groups is 1. The lowest BCUT2D eigenvalue weighted by atomic mass is 9.96. The van der Waals surface area contributed by atoms with Crippen molar-refractivity contribution in [3.8, 4) is 0 Å². The smallest absolute Gasteiger partial charge is 0.326 e. The molecule has 45 heteroatoms. The Morgan fingerprint density at radius 2 is 0.934 bits per heavy atom. The predicted octanol–water partition coefficient (Wildman–Crippen LogP) is -3.16. The summed E-state index contributed by atoms with van der Waals surface area (Å²) in [6, 6.07) is -4.43. The van der Waals surface area contributed by atoms with Gasteiger partial charge in [0.05, 0.1) is 31.2 Å². The van der Waals surface area contributed by atoms with E-state index in [4.69, 9.17) is 39.5 Å². The zero-order valence-corrected chi connectivity index (χ0v) is 79.4. The lowest BCUT2D eigenvalue weighted by molar-refractivity contribution is -0.144. The number of likely N-dealkylation sites (tertiary alicyclic amines) is 2. The molecule has 16 atom stereocenters. The minimum absolute atomic E-state index is 0.0234. The number of hydrogen-bond donors (Lipinski definition) is 26. The lowest BCUT2D eigenvalue weighted by Gasteiger charge is -2.32. The Balaban J connectivity index is 1.19. The largest absolute Gasteiger partial charge is 0.480 e. The number of amides is 15. The summed E-state index contributed by atoms with van der Waals surface area (Å²) in [7, 11) is 0. The molecule has 2 aliphatic heterocycles. The Morgan fingerprint density at radius 1 is 0.478 bits per heavy atom. The summed E-state index contributed by atoms with van der Waals surface area (Å²) in [4.78, 5) is 242. The fourth-order valence-corrected chi connectivity index (χ4v) is 16.0. The number of para-hydroxylation sites is 1. The second-order valence-corrected chi connectivity index (χ2v) is 36.0. The van der Waals surface area contributed by atoms with E-state index in [0.717, 1.165) is 10.9 Å². The summed E-state index contributed by atoms with van der Waals surface area (Å²) < 4.78 is 0. The Morgan fingerprint density at radius 3 is 1.49 bits per heavy atom. The Kier molecular flexibility index (Phi) is 46.9. The number of benzene rings is 2. The highest BCUT2D eigenvalue weighted by Crippen LogP contribution is 2.26. The monoisotopic (exact) mass is 1900 g/mol. The summed E-state index contributed by atoms with van der Waals surface area (Å²) in [5.41, 5.74) is 30.7.